The molecule has 0 bridgehead atoms. The van der Waals surface area contributed by atoms with Crippen LogP contribution in [0.3, 0.4) is 0 Å². The Kier molecular flexibility index (Phi) is 2.07. The number of allylic oxidation sites excluding steroid dienone is 1. The van der Waals surface area contributed by atoms with Gasteiger partial charge in [-0.3, -0.25) is 4.90 Å². The molecule has 72 valence electrons. The van der Waals surface area contributed by atoms with Crippen molar-refractivity contribution in [2.24, 2.45) is 5.41 Å². The van der Waals surface area contributed by atoms with E-state index in [1.165, 1.54) is 26.1 Å². The van der Waals surface area contributed by atoms with Crippen LogP contribution in [0.2, 0.25) is 0 Å². The Balaban J connectivity index is 1.92. The normalized spacial score (nSPS) is 23.0. The van der Waals surface area contributed by atoms with Crippen LogP contribution in [0, 0.1) is 5.41 Å². The lowest BCUT2D eigenvalue weighted by atomic mass is 9.96. The Labute approximate surface area is 81.1 Å². The first-order valence-electron chi connectivity index (χ1n) is 5.14. The van der Waals surface area contributed by atoms with Gasteiger partial charge in [-0.1, -0.05) is 32.9 Å². The topological polar surface area (TPSA) is 3.24 Å². The first-order chi connectivity index (χ1) is 6.04. The van der Waals surface area contributed by atoms with Crippen LogP contribution in [0.5, 0.6) is 0 Å². The van der Waals surface area contributed by atoms with E-state index in [0.717, 1.165) is 0 Å². The van der Waals surface area contributed by atoms with Crippen LogP contribution in [0.1, 0.15) is 27.2 Å². The minimum absolute atomic E-state index is 0.434. The van der Waals surface area contributed by atoms with Crippen LogP contribution in [0.25, 0.3) is 0 Å². The average Bonchev–Trinajstić information content (AvgIpc) is 2.40. The molecular formula is C12H19N. The van der Waals surface area contributed by atoms with Crippen molar-refractivity contribution in [1.29, 1.82) is 0 Å². The molecular weight excluding hydrogens is 158 g/mol. The summed E-state index contributed by atoms with van der Waals surface area (Å²) < 4.78 is 0. The van der Waals surface area contributed by atoms with Gasteiger partial charge < -0.3 is 0 Å². The maximum absolute atomic E-state index is 2.56. The van der Waals surface area contributed by atoms with Gasteiger partial charge in [0.2, 0.25) is 0 Å². The zero-order valence-corrected chi connectivity index (χ0v) is 8.93. The fourth-order valence-electron chi connectivity index (χ4n) is 2.27. The molecule has 0 unspecified atom stereocenters. The number of hydrogen-bond acceptors (Lipinski definition) is 1. The molecule has 0 saturated carbocycles. The summed E-state index contributed by atoms with van der Waals surface area (Å²) in [7, 11) is 0. The molecule has 2 aliphatic rings. The Morgan fingerprint density at radius 1 is 1.31 bits per heavy atom. The summed E-state index contributed by atoms with van der Waals surface area (Å²) >= 11 is 0. The number of nitrogens with zero attached hydrogens (tertiary/aromatic N) is 1. The van der Waals surface area contributed by atoms with Gasteiger partial charge in [-0.05, 0) is 23.0 Å². The second kappa shape index (κ2) is 2.98. The third-order valence-electron chi connectivity index (χ3n) is 2.64. The lowest BCUT2D eigenvalue weighted by Crippen LogP contribution is -2.31. The predicted molar refractivity (Wildman–Crippen MR) is 56.7 cm³/mol. The van der Waals surface area contributed by atoms with E-state index in [4.69, 9.17) is 0 Å². The number of hydrogen-bond donors (Lipinski definition) is 0. The first kappa shape index (κ1) is 9.01. The minimum atomic E-state index is 0.434. The fourth-order valence-corrected chi connectivity index (χ4v) is 2.27. The van der Waals surface area contributed by atoms with Gasteiger partial charge in [0.15, 0.2) is 0 Å². The van der Waals surface area contributed by atoms with Crippen molar-refractivity contribution >= 4 is 0 Å². The Morgan fingerprint density at radius 3 is 2.69 bits per heavy atom. The quantitative estimate of drug-likeness (QED) is 0.595. The molecule has 13 heavy (non-hydrogen) atoms. The summed E-state index contributed by atoms with van der Waals surface area (Å²) in [5.41, 5.74) is 3.68. The van der Waals surface area contributed by atoms with E-state index in [0.29, 0.717) is 5.41 Å². The molecule has 0 saturated heterocycles. The van der Waals surface area contributed by atoms with Crippen molar-refractivity contribution in [2.45, 2.75) is 27.2 Å². The van der Waals surface area contributed by atoms with Crippen molar-refractivity contribution < 1.29 is 0 Å². The van der Waals surface area contributed by atoms with Gasteiger partial charge >= 0.3 is 0 Å². The van der Waals surface area contributed by atoms with Crippen molar-refractivity contribution in [3.63, 3.8) is 0 Å². The largest absolute Gasteiger partial charge is 0.295 e. The third kappa shape index (κ3) is 2.02. The lowest BCUT2D eigenvalue weighted by molar-refractivity contribution is 0.230. The van der Waals surface area contributed by atoms with E-state index in [2.05, 4.69) is 37.8 Å². The molecule has 0 radical (unpaired) electrons. The molecule has 0 aromatic carbocycles. The van der Waals surface area contributed by atoms with Crippen LogP contribution >= 0.6 is 0 Å². The van der Waals surface area contributed by atoms with Crippen molar-refractivity contribution in [1.82, 2.24) is 4.90 Å². The van der Waals surface area contributed by atoms with Gasteiger partial charge in [0, 0.05) is 19.6 Å². The standard InChI is InChI=1S/C12H19N/c1-12(2,3)9-13-7-10-5-4-6-11(10)8-13/h4-5H,6-9H2,1-3H3. The third-order valence-corrected chi connectivity index (χ3v) is 2.64. The summed E-state index contributed by atoms with van der Waals surface area (Å²) in [4.78, 5) is 2.56. The predicted octanol–water partition coefficient (Wildman–Crippen LogP) is 2.60. The van der Waals surface area contributed by atoms with Crippen LogP contribution < -0.4 is 0 Å². The first-order valence-corrected chi connectivity index (χ1v) is 5.14. The van der Waals surface area contributed by atoms with Gasteiger partial charge in [0.05, 0.1) is 0 Å². The lowest BCUT2D eigenvalue weighted by Gasteiger charge is -2.26. The summed E-state index contributed by atoms with van der Waals surface area (Å²) in [5.74, 6) is 0. The smallest absolute Gasteiger partial charge is 0.0237 e. The van der Waals surface area contributed by atoms with E-state index >= 15 is 0 Å². The zero-order valence-electron chi connectivity index (χ0n) is 8.93. The molecule has 1 aliphatic heterocycles. The Morgan fingerprint density at radius 2 is 2.08 bits per heavy atom. The second-order valence-electron chi connectivity index (χ2n) is 5.44. The fraction of sp³-hybridized carbons (Fsp3) is 0.667. The highest BCUT2D eigenvalue weighted by molar-refractivity contribution is 5.39. The Bertz CT molecular complexity index is 265. The molecule has 1 heterocycles. The van der Waals surface area contributed by atoms with Gasteiger partial charge in [0.25, 0.3) is 0 Å². The molecule has 0 N–H and O–H groups in total. The summed E-state index contributed by atoms with van der Waals surface area (Å²) in [5, 5.41) is 0. The van der Waals surface area contributed by atoms with Crippen LogP contribution in [0.4, 0.5) is 0 Å². The van der Waals surface area contributed by atoms with Gasteiger partial charge in [0.1, 0.15) is 0 Å². The maximum atomic E-state index is 2.56. The highest BCUT2D eigenvalue weighted by Crippen LogP contribution is 2.28. The van der Waals surface area contributed by atoms with E-state index in [9.17, 15) is 0 Å². The average molecular weight is 177 g/mol. The molecule has 0 aromatic rings. The van der Waals surface area contributed by atoms with E-state index in [1.807, 2.05) is 0 Å². The highest BCUT2D eigenvalue weighted by atomic mass is 15.1. The second-order valence-corrected chi connectivity index (χ2v) is 5.44. The van der Waals surface area contributed by atoms with E-state index in [-0.39, 0.29) is 0 Å². The SMILES string of the molecule is CC(C)(C)CN1CC2=C(CC=C2)C1. The van der Waals surface area contributed by atoms with E-state index < -0.39 is 0 Å². The summed E-state index contributed by atoms with van der Waals surface area (Å²) in [6, 6.07) is 0. The van der Waals surface area contributed by atoms with Gasteiger partial charge in [-0.15, -0.1) is 0 Å². The molecule has 1 aliphatic carbocycles. The summed E-state index contributed by atoms with van der Waals surface area (Å²) in [6.07, 6.45) is 5.80. The molecule has 1 nitrogen and oxygen atoms in total. The Hall–Kier alpha value is -0.560. The van der Waals surface area contributed by atoms with Crippen LogP contribution in [0.15, 0.2) is 23.3 Å². The van der Waals surface area contributed by atoms with Crippen molar-refractivity contribution in [3.8, 4) is 0 Å². The monoisotopic (exact) mass is 177 g/mol. The summed E-state index contributed by atoms with van der Waals surface area (Å²) in [6.45, 7) is 10.5. The number of rotatable bonds is 1. The zero-order chi connectivity index (χ0) is 9.47. The maximum Gasteiger partial charge on any atom is 0.0237 e. The molecule has 0 amide bonds. The highest BCUT2D eigenvalue weighted by Gasteiger charge is 2.25. The minimum Gasteiger partial charge on any atom is -0.295 e. The van der Waals surface area contributed by atoms with Crippen LogP contribution in [-0.4, -0.2) is 24.5 Å². The molecule has 0 fully saturated rings. The van der Waals surface area contributed by atoms with Crippen molar-refractivity contribution in [2.75, 3.05) is 19.6 Å². The van der Waals surface area contributed by atoms with Gasteiger partial charge in [-0.25, -0.2) is 0 Å². The van der Waals surface area contributed by atoms with Gasteiger partial charge in [-0.2, -0.15) is 0 Å². The van der Waals surface area contributed by atoms with Crippen molar-refractivity contribution in [3.05, 3.63) is 23.3 Å². The van der Waals surface area contributed by atoms with E-state index in [1.54, 1.807) is 11.1 Å². The van der Waals surface area contributed by atoms with Crippen LogP contribution in [-0.2, 0) is 0 Å². The molecule has 0 spiro atoms. The molecule has 0 aromatic heterocycles. The molecule has 2 rings (SSSR count). The molecule has 1 heteroatoms. The molecule has 0 atom stereocenters.